The Labute approximate surface area is 137 Å². The summed E-state index contributed by atoms with van der Waals surface area (Å²) in [6.07, 6.45) is 0. The van der Waals surface area contributed by atoms with Crippen molar-refractivity contribution in [3.63, 3.8) is 0 Å². The molecule has 0 aliphatic carbocycles. The minimum atomic E-state index is 0.398. The zero-order chi connectivity index (χ0) is 15.1. The third-order valence-electron chi connectivity index (χ3n) is 3.41. The normalized spacial score (nSPS) is 11.1. The maximum atomic E-state index is 6.34. The Morgan fingerprint density at radius 1 is 0.857 bits per heavy atom. The number of hydrogen-bond donors (Lipinski definition) is 0. The highest BCUT2D eigenvalue weighted by atomic mass is 35.5. The summed E-state index contributed by atoms with van der Waals surface area (Å²) in [4.78, 5) is 8.99. The third-order valence-corrected chi connectivity index (χ3v) is 4.22. The molecule has 106 valence electrons. The Bertz CT molecular complexity index is 860. The molecule has 1 heterocycles. The van der Waals surface area contributed by atoms with Gasteiger partial charge in [0, 0.05) is 16.0 Å². The molecule has 0 fully saturated rings. The maximum absolute atomic E-state index is 6.34. The summed E-state index contributed by atoms with van der Waals surface area (Å²) in [6, 6.07) is 9.32. The molecular formula is C16H11Cl3N2. The smallest absolute Gasteiger partial charge is 0.161 e. The van der Waals surface area contributed by atoms with Crippen molar-refractivity contribution in [1.82, 2.24) is 9.97 Å². The van der Waals surface area contributed by atoms with Crippen molar-refractivity contribution in [2.24, 2.45) is 0 Å². The minimum Gasteiger partial charge on any atom is -0.226 e. The summed E-state index contributed by atoms with van der Waals surface area (Å²) in [7, 11) is 0. The molecule has 3 rings (SSSR count). The predicted octanol–water partition coefficient (Wildman–Crippen LogP) is 5.87. The molecular weight excluding hydrogens is 327 g/mol. The Morgan fingerprint density at radius 3 is 2.33 bits per heavy atom. The van der Waals surface area contributed by atoms with Gasteiger partial charge >= 0.3 is 0 Å². The van der Waals surface area contributed by atoms with Crippen LogP contribution in [-0.4, -0.2) is 9.97 Å². The molecule has 0 amide bonds. The van der Waals surface area contributed by atoms with E-state index in [0.29, 0.717) is 26.5 Å². The van der Waals surface area contributed by atoms with Crippen LogP contribution in [0.1, 0.15) is 11.1 Å². The summed E-state index contributed by atoms with van der Waals surface area (Å²) in [5, 5.41) is 2.37. The third kappa shape index (κ3) is 2.59. The number of nitrogens with zero attached hydrogens (tertiary/aromatic N) is 2. The van der Waals surface area contributed by atoms with Crippen molar-refractivity contribution in [2.45, 2.75) is 13.8 Å². The van der Waals surface area contributed by atoms with Crippen LogP contribution in [0.25, 0.3) is 22.3 Å². The van der Waals surface area contributed by atoms with Gasteiger partial charge < -0.3 is 0 Å². The monoisotopic (exact) mass is 336 g/mol. The van der Waals surface area contributed by atoms with Crippen molar-refractivity contribution >= 4 is 45.7 Å². The number of rotatable bonds is 1. The van der Waals surface area contributed by atoms with Crippen molar-refractivity contribution in [1.29, 1.82) is 0 Å². The Balaban J connectivity index is 2.35. The second-order valence-electron chi connectivity index (χ2n) is 4.89. The van der Waals surface area contributed by atoms with Crippen LogP contribution in [0.15, 0.2) is 30.3 Å². The molecule has 0 saturated carbocycles. The average Bonchev–Trinajstić information content (AvgIpc) is 2.45. The molecule has 0 aliphatic rings. The van der Waals surface area contributed by atoms with E-state index in [0.717, 1.165) is 22.1 Å². The molecule has 0 atom stereocenters. The lowest BCUT2D eigenvalue weighted by molar-refractivity contribution is 1.21. The van der Waals surface area contributed by atoms with Crippen LogP contribution in [0, 0.1) is 13.8 Å². The summed E-state index contributed by atoms with van der Waals surface area (Å²) < 4.78 is 0. The van der Waals surface area contributed by atoms with Gasteiger partial charge in [0.25, 0.3) is 0 Å². The summed E-state index contributed by atoms with van der Waals surface area (Å²) in [5.74, 6) is 0.528. The highest BCUT2D eigenvalue weighted by molar-refractivity contribution is 6.39. The van der Waals surface area contributed by atoms with E-state index in [2.05, 4.69) is 9.97 Å². The summed E-state index contributed by atoms with van der Waals surface area (Å²) >= 11 is 18.7. The molecule has 2 nitrogen and oxygen atoms in total. The topological polar surface area (TPSA) is 25.8 Å². The highest BCUT2D eigenvalue weighted by Crippen LogP contribution is 2.33. The van der Waals surface area contributed by atoms with Crippen molar-refractivity contribution < 1.29 is 0 Å². The van der Waals surface area contributed by atoms with Crippen LogP contribution in [-0.2, 0) is 0 Å². The molecule has 0 spiro atoms. The maximum Gasteiger partial charge on any atom is 0.161 e. The first-order valence-electron chi connectivity index (χ1n) is 6.36. The number of hydrogen-bond acceptors (Lipinski definition) is 2. The largest absolute Gasteiger partial charge is 0.226 e. The minimum absolute atomic E-state index is 0.398. The Hall–Kier alpha value is -1.35. The molecule has 0 aliphatic heterocycles. The second-order valence-corrected chi connectivity index (χ2v) is 6.09. The molecule has 0 unspecified atom stereocenters. The van der Waals surface area contributed by atoms with Crippen LogP contribution < -0.4 is 0 Å². The second kappa shape index (κ2) is 5.45. The van der Waals surface area contributed by atoms with Crippen LogP contribution in [0.2, 0.25) is 15.2 Å². The summed E-state index contributed by atoms with van der Waals surface area (Å²) in [6.45, 7) is 3.93. The van der Waals surface area contributed by atoms with Gasteiger partial charge in [-0.2, -0.15) is 0 Å². The van der Waals surface area contributed by atoms with Crippen LogP contribution in [0.4, 0.5) is 0 Å². The van der Waals surface area contributed by atoms with Gasteiger partial charge in [-0.25, -0.2) is 9.97 Å². The van der Waals surface area contributed by atoms with Gasteiger partial charge in [0.1, 0.15) is 5.15 Å². The van der Waals surface area contributed by atoms with E-state index in [1.807, 2.05) is 44.2 Å². The van der Waals surface area contributed by atoms with Gasteiger partial charge in [0.05, 0.1) is 10.5 Å². The van der Waals surface area contributed by atoms with Crippen LogP contribution in [0.3, 0.4) is 0 Å². The quantitative estimate of drug-likeness (QED) is 0.519. The van der Waals surface area contributed by atoms with Crippen LogP contribution in [0.5, 0.6) is 0 Å². The molecule has 21 heavy (non-hydrogen) atoms. The number of aryl methyl sites for hydroxylation is 2. The van der Waals surface area contributed by atoms with Crippen molar-refractivity contribution in [3.8, 4) is 11.4 Å². The van der Waals surface area contributed by atoms with E-state index in [1.54, 1.807) is 0 Å². The Kier molecular flexibility index (Phi) is 3.78. The first kappa shape index (κ1) is 14.6. The first-order chi connectivity index (χ1) is 9.97. The van der Waals surface area contributed by atoms with Crippen LogP contribution >= 0.6 is 34.8 Å². The molecule has 0 N–H and O–H groups in total. The number of halogens is 3. The molecule has 5 heteroatoms. The first-order valence-corrected chi connectivity index (χ1v) is 7.49. The van der Waals surface area contributed by atoms with Gasteiger partial charge in [-0.3, -0.25) is 0 Å². The fourth-order valence-corrected chi connectivity index (χ4v) is 2.96. The van der Waals surface area contributed by atoms with E-state index < -0.39 is 0 Å². The number of benzene rings is 2. The van der Waals surface area contributed by atoms with Gasteiger partial charge in [-0.1, -0.05) is 46.9 Å². The lowest BCUT2D eigenvalue weighted by Gasteiger charge is -2.10. The number of fused-ring (bicyclic) bond motifs is 1. The molecule has 0 radical (unpaired) electrons. The fourth-order valence-electron chi connectivity index (χ4n) is 2.27. The summed E-state index contributed by atoms with van der Waals surface area (Å²) in [5.41, 5.74) is 3.53. The lowest BCUT2D eigenvalue weighted by atomic mass is 10.1. The van der Waals surface area contributed by atoms with E-state index in [1.165, 1.54) is 0 Å². The molecule has 0 saturated heterocycles. The Morgan fingerprint density at radius 2 is 1.57 bits per heavy atom. The highest BCUT2D eigenvalue weighted by Gasteiger charge is 2.14. The average molecular weight is 338 g/mol. The fraction of sp³-hybridized carbons (Fsp3) is 0.125. The molecule has 3 aromatic rings. The van der Waals surface area contributed by atoms with Gasteiger partial charge in [-0.05, 0) is 43.2 Å². The van der Waals surface area contributed by atoms with Crippen molar-refractivity contribution in [2.75, 3.05) is 0 Å². The van der Waals surface area contributed by atoms with E-state index in [-0.39, 0.29) is 0 Å². The molecule has 1 aromatic heterocycles. The van der Waals surface area contributed by atoms with Gasteiger partial charge in [0.2, 0.25) is 0 Å². The predicted molar refractivity (Wildman–Crippen MR) is 89.5 cm³/mol. The zero-order valence-electron chi connectivity index (χ0n) is 11.4. The molecule has 0 bridgehead atoms. The van der Waals surface area contributed by atoms with Gasteiger partial charge in [0.15, 0.2) is 5.82 Å². The SMILES string of the molecule is Cc1ccc(Cl)cc1-c1nc(Cl)c2c(C)ccc(Cl)c2n1. The standard InChI is InChI=1S/C16H11Cl3N2/c1-8-3-5-10(17)7-11(8)16-20-14-12(18)6-4-9(2)13(14)15(19)21-16/h3-7H,1-2H3. The lowest BCUT2D eigenvalue weighted by Crippen LogP contribution is -1.96. The van der Waals surface area contributed by atoms with Crippen molar-refractivity contribution in [3.05, 3.63) is 56.7 Å². The number of aromatic nitrogens is 2. The van der Waals surface area contributed by atoms with E-state index in [4.69, 9.17) is 34.8 Å². The van der Waals surface area contributed by atoms with Gasteiger partial charge in [-0.15, -0.1) is 0 Å². The van der Waals surface area contributed by atoms with E-state index in [9.17, 15) is 0 Å². The molecule has 2 aromatic carbocycles. The van der Waals surface area contributed by atoms with E-state index >= 15 is 0 Å². The zero-order valence-corrected chi connectivity index (χ0v) is 13.7.